The molecule has 6 nitrogen and oxygen atoms in total. The van der Waals surface area contributed by atoms with Crippen LogP contribution in [-0.2, 0) is 17.9 Å². The van der Waals surface area contributed by atoms with Crippen LogP contribution in [-0.4, -0.2) is 45.0 Å². The molecule has 3 heterocycles. The largest absolute Gasteiger partial charge is 0.424 e. The fraction of sp³-hybridized carbons (Fsp3) is 0.611. The van der Waals surface area contributed by atoms with Crippen molar-refractivity contribution in [2.45, 2.75) is 52.2 Å². The first kappa shape index (κ1) is 16.7. The van der Waals surface area contributed by atoms with Crippen molar-refractivity contribution >= 4 is 17.2 Å². The Kier molecular flexibility index (Phi) is 4.37. The Labute approximate surface area is 151 Å². The van der Waals surface area contributed by atoms with Crippen LogP contribution < -0.4 is 0 Å². The smallest absolute Gasteiger partial charge is 0.230 e. The quantitative estimate of drug-likeness (QED) is 0.820. The van der Waals surface area contributed by atoms with Gasteiger partial charge in [-0.1, -0.05) is 0 Å². The number of likely N-dealkylation sites (tertiary alicyclic amines) is 1. The van der Waals surface area contributed by atoms with Gasteiger partial charge in [0.25, 0.3) is 0 Å². The molecule has 4 rings (SSSR count). The highest BCUT2D eigenvalue weighted by Crippen LogP contribution is 2.57. The molecule has 1 aliphatic carbocycles. The SMILES string of the molecule is CC(=O)N(Cc1ccsc1)[C@@H]1CC12CCN(Cc1nnc(C)o1)CC2. The van der Waals surface area contributed by atoms with Crippen molar-refractivity contribution in [3.63, 3.8) is 0 Å². The third-order valence-corrected chi connectivity index (χ3v) is 6.37. The standard InChI is InChI=1S/C18H24N4O2S/c1-13-19-20-17(24-13)11-21-6-4-18(5-7-21)9-16(18)22(14(2)23)10-15-3-8-25-12-15/h3,8,12,16H,4-7,9-11H2,1-2H3/t16-/m1/s1. The van der Waals surface area contributed by atoms with E-state index in [1.54, 1.807) is 18.3 Å². The lowest BCUT2D eigenvalue weighted by atomic mass is 9.92. The van der Waals surface area contributed by atoms with E-state index >= 15 is 0 Å². The maximum absolute atomic E-state index is 12.2. The summed E-state index contributed by atoms with van der Waals surface area (Å²) in [6.07, 6.45) is 3.42. The Morgan fingerprint density at radius 1 is 1.44 bits per heavy atom. The van der Waals surface area contributed by atoms with Crippen LogP contribution in [0.1, 0.15) is 43.5 Å². The predicted octanol–water partition coefficient (Wildman–Crippen LogP) is 2.84. The second-order valence-electron chi connectivity index (χ2n) is 7.35. The number of aromatic nitrogens is 2. The van der Waals surface area contributed by atoms with Gasteiger partial charge in [0.2, 0.25) is 17.7 Å². The summed E-state index contributed by atoms with van der Waals surface area (Å²) in [6.45, 7) is 7.05. The number of hydrogen-bond acceptors (Lipinski definition) is 6. The fourth-order valence-electron chi connectivity index (χ4n) is 4.07. The molecule has 1 saturated carbocycles. The number of thiophene rings is 1. The molecule has 1 amide bonds. The highest BCUT2D eigenvalue weighted by Gasteiger charge is 2.58. The Morgan fingerprint density at radius 3 is 2.84 bits per heavy atom. The van der Waals surface area contributed by atoms with E-state index in [-0.39, 0.29) is 5.91 Å². The summed E-state index contributed by atoms with van der Waals surface area (Å²) in [5.41, 5.74) is 1.56. The van der Waals surface area contributed by atoms with Crippen LogP contribution in [0.4, 0.5) is 0 Å². The minimum Gasteiger partial charge on any atom is -0.424 e. The zero-order chi connectivity index (χ0) is 17.4. The minimum atomic E-state index is 0.192. The number of carbonyl (C=O) groups excluding carboxylic acids is 1. The highest BCUT2D eigenvalue weighted by molar-refractivity contribution is 7.07. The molecule has 1 aliphatic heterocycles. The van der Waals surface area contributed by atoms with Crippen LogP contribution in [0.25, 0.3) is 0 Å². The van der Waals surface area contributed by atoms with Crippen molar-refractivity contribution in [3.8, 4) is 0 Å². The van der Waals surface area contributed by atoms with E-state index in [1.807, 2.05) is 6.92 Å². The molecule has 25 heavy (non-hydrogen) atoms. The van der Waals surface area contributed by atoms with Crippen LogP contribution in [0.3, 0.4) is 0 Å². The normalized spacial score (nSPS) is 22.2. The molecule has 0 unspecified atom stereocenters. The van der Waals surface area contributed by atoms with E-state index in [0.29, 0.717) is 23.2 Å². The van der Waals surface area contributed by atoms with Gasteiger partial charge in [0.05, 0.1) is 6.54 Å². The maximum Gasteiger partial charge on any atom is 0.230 e. The minimum absolute atomic E-state index is 0.192. The summed E-state index contributed by atoms with van der Waals surface area (Å²) in [5.74, 6) is 1.51. The Bertz CT molecular complexity index is 734. The number of amides is 1. The lowest BCUT2D eigenvalue weighted by molar-refractivity contribution is -0.130. The Balaban J connectivity index is 1.34. The van der Waals surface area contributed by atoms with Crippen LogP contribution in [0.2, 0.25) is 0 Å². The first-order valence-electron chi connectivity index (χ1n) is 8.85. The molecule has 2 aromatic heterocycles. The molecule has 0 radical (unpaired) electrons. The van der Waals surface area contributed by atoms with Crippen molar-refractivity contribution in [2.24, 2.45) is 5.41 Å². The van der Waals surface area contributed by atoms with Crippen molar-refractivity contribution in [2.75, 3.05) is 13.1 Å². The van der Waals surface area contributed by atoms with E-state index in [0.717, 1.165) is 45.4 Å². The summed E-state index contributed by atoms with van der Waals surface area (Å²) >= 11 is 1.69. The van der Waals surface area contributed by atoms with E-state index in [1.165, 1.54) is 5.56 Å². The van der Waals surface area contributed by atoms with Crippen LogP contribution in [0.15, 0.2) is 21.2 Å². The molecule has 7 heteroatoms. The molecule has 2 fully saturated rings. The summed E-state index contributed by atoms with van der Waals surface area (Å²) in [6, 6.07) is 2.52. The molecule has 1 spiro atoms. The van der Waals surface area contributed by atoms with Crippen LogP contribution in [0.5, 0.6) is 0 Å². The number of carbonyl (C=O) groups is 1. The fourth-order valence-corrected chi connectivity index (χ4v) is 4.73. The first-order chi connectivity index (χ1) is 12.1. The van der Waals surface area contributed by atoms with Gasteiger partial charge in [-0.15, -0.1) is 10.2 Å². The first-order valence-corrected chi connectivity index (χ1v) is 9.80. The second kappa shape index (κ2) is 6.53. The third kappa shape index (κ3) is 3.48. The van der Waals surface area contributed by atoms with Gasteiger partial charge in [-0.25, -0.2) is 0 Å². The lowest BCUT2D eigenvalue weighted by Gasteiger charge is -2.34. The van der Waals surface area contributed by atoms with Crippen molar-refractivity contribution in [1.29, 1.82) is 0 Å². The predicted molar refractivity (Wildman–Crippen MR) is 94.9 cm³/mol. The number of rotatable bonds is 5. The van der Waals surface area contributed by atoms with Crippen molar-refractivity contribution in [3.05, 3.63) is 34.2 Å². The summed E-state index contributed by atoms with van der Waals surface area (Å²) in [5, 5.41) is 12.2. The average Bonchev–Trinajstić information content (AvgIpc) is 2.94. The molecule has 0 N–H and O–H groups in total. The van der Waals surface area contributed by atoms with E-state index < -0.39 is 0 Å². The Hall–Kier alpha value is -1.73. The lowest BCUT2D eigenvalue weighted by Crippen LogP contribution is -2.39. The molecule has 2 aliphatic rings. The maximum atomic E-state index is 12.2. The molecular formula is C18H24N4O2S. The Morgan fingerprint density at radius 2 is 2.24 bits per heavy atom. The zero-order valence-electron chi connectivity index (χ0n) is 14.8. The van der Waals surface area contributed by atoms with E-state index in [2.05, 4.69) is 36.8 Å². The number of nitrogens with zero attached hydrogens (tertiary/aromatic N) is 4. The summed E-state index contributed by atoms with van der Waals surface area (Å²) in [7, 11) is 0. The van der Waals surface area contributed by atoms with Gasteiger partial charge in [0, 0.05) is 26.4 Å². The van der Waals surface area contributed by atoms with Gasteiger partial charge in [0.1, 0.15) is 0 Å². The number of aryl methyl sites for hydroxylation is 1. The third-order valence-electron chi connectivity index (χ3n) is 5.64. The van der Waals surface area contributed by atoms with Crippen molar-refractivity contribution in [1.82, 2.24) is 20.0 Å². The van der Waals surface area contributed by atoms with Crippen LogP contribution in [0, 0.1) is 12.3 Å². The molecular weight excluding hydrogens is 336 g/mol. The monoisotopic (exact) mass is 360 g/mol. The zero-order valence-corrected chi connectivity index (χ0v) is 15.6. The number of piperidine rings is 1. The topological polar surface area (TPSA) is 62.5 Å². The highest BCUT2D eigenvalue weighted by atomic mass is 32.1. The molecule has 1 atom stereocenters. The van der Waals surface area contributed by atoms with Gasteiger partial charge in [0.15, 0.2) is 0 Å². The van der Waals surface area contributed by atoms with Crippen molar-refractivity contribution < 1.29 is 9.21 Å². The molecule has 2 aromatic rings. The molecule has 1 saturated heterocycles. The van der Waals surface area contributed by atoms with Gasteiger partial charge in [-0.2, -0.15) is 11.3 Å². The molecule has 0 aromatic carbocycles. The summed E-state index contributed by atoms with van der Waals surface area (Å²) < 4.78 is 5.49. The molecule has 0 bridgehead atoms. The van der Waals surface area contributed by atoms with Gasteiger partial charge in [-0.3, -0.25) is 9.69 Å². The molecule has 134 valence electrons. The van der Waals surface area contributed by atoms with E-state index in [9.17, 15) is 4.79 Å². The second-order valence-corrected chi connectivity index (χ2v) is 8.13. The van der Waals surface area contributed by atoms with Gasteiger partial charge < -0.3 is 9.32 Å². The average molecular weight is 360 g/mol. The van der Waals surface area contributed by atoms with Gasteiger partial charge >= 0.3 is 0 Å². The number of hydrogen-bond donors (Lipinski definition) is 0. The van der Waals surface area contributed by atoms with Gasteiger partial charge in [-0.05, 0) is 60.2 Å². The van der Waals surface area contributed by atoms with Crippen LogP contribution >= 0.6 is 11.3 Å². The summed E-state index contributed by atoms with van der Waals surface area (Å²) in [4.78, 5) is 16.6. The van der Waals surface area contributed by atoms with E-state index in [4.69, 9.17) is 4.42 Å².